The third kappa shape index (κ3) is 2.97. The molecule has 1 aromatic carbocycles. The van der Waals surface area contributed by atoms with Crippen LogP contribution in [0.2, 0.25) is 0 Å². The van der Waals surface area contributed by atoms with E-state index in [0.29, 0.717) is 6.07 Å². The summed E-state index contributed by atoms with van der Waals surface area (Å²) < 4.78 is 38.9. The van der Waals surface area contributed by atoms with Gasteiger partial charge in [0.15, 0.2) is 23.3 Å². The van der Waals surface area contributed by atoms with Gasteiger partial charge in [-0.15, -0.1) is 0 Å². The largest absolute Gasteiger partial charge is 0.324 e. The molecule has 0 aliphatic heterocycles. The molecule has 0 atom stereocenters. The summed E-state index contributed by atoms with van der Waals surface area (Å²) in [4.78, 5) is 18.9. The Labute approximate surface area is 105 Å². The van der Waals surface area contributed by atoms with E-state index in [1.807, 2.05) is 5.32 Å². The average molecular weight is 268 g/mol. The molecule has 0 fully saturated rings. The zero-order valence-corrected chi connectivity index (χ0v) is 9.32. The van der Waals surface area contributed by atoms with E-state index in [1.54, 1.807) is 0 Å². The minimum absolute atomic E-state index is 0.128. The van der Waals surface area contributed by atoms with Gasteiger partial charge in [-0.1, -0.05) is 0 Å². The van der Waals surface area contributed by atoms with Crippen LogP contribution < -0.4 is 10.6 Å². The van der Waals surface area contributed by atoms with E-state index < -0.39 is 29.2 Å². The van der Waals surface area contributed by atoms with Crippen LogP contribution in [0, 0.1) is 17.5 Å². The lowest BCUT2D eigenvalue weighted by Crippen LogP contribution is -2.21. The molecule has 5 nitrogen and oxygen atoms in total. The number of carbonyl (C=O) groups is 1. The Morgan fingerprint density at radius 3 is 2.53 bits per heavy atom. The molecule has 2 aromatic rings. The number of anilines is 2. The fourth-order valence-electron chi connectivity index (χ4n) is 1.26. The fourth-order valence-corrected chi connectivity index (χ4v) is 1.26. The summed E-state index contributed by atoms with van der Waals surface area (Å²) in [5.41, 5.74) is -0.486. The topological polar surface area (TPSA) is 66.9 Å². The van der Waals surface area contributed by atoms with E-state index >= 15 is 0 Å². The van der Waals surface area contributed by atoms with Crippen molar-refractivity contribution >= 4 is 17.5 Å². The second-order valence-electron chi connectivity index (χ2n) is 3.39. The monoisotopic (exact) mass is 268 g/mol. The van der Waals surface area contributed by atoms with Crippen molar-refractivity contribution in [3.63, 3.8) is 0 Å². The SMILES string of the molecule is O=C(Nc1cnccn1)Nc1ccc(F)c(F)c1F. The third-order valence-electron chi connectivity index (χ3n) is 2.09. The van der Waals surface area contributed by atoms with Crippen LogP contribution in [0.3, 0.4) is 0 Å². The molecule has 0 aliphatic rings. The first-order valence-corrected chi connectivity index (χ1v) is 5.05. The molecule has 0 aliphatic carbocycles. The Bertz CT molecular complexity index is 606. The molecule has 1 heterocycles. The lowest BCUT2D eigenvalue weighted by molar-refractivity contribution is 0.262. The van der Waals surface area contributed by atoms with E-state index in [-0.39, 0.29) is 5.82 Å². The summed E-state index contributed by atoms with van der Waals surface area (Å²) >= 11 is 0. The lowest BCUT2D eigenvalue weighted by atomic mass is 10.3. The molecule has 19 heavy (non-hydrogen) atoms. The molecule has 1 aromatic heterocycles. The van der Waals surface area contributed by atoms with Crippen molar-refractivity contribution in [3.05, 3.63) is 48.2 Å². The molecular weight excluding hydrogens is 261 g/mol. The van der Waals surface area contributed by atoms with Crippen molar-refractivity contribution in [2.75, 3.05) is 10.6 Å². The zero-order chi connectivity index (χ0) is 13.8. The van der Waals surface area contributed by atoms with Crippen LogP contribution in [0.1, 0.15) is 0 Å². The summed E-state index contributed by atoms with van der Waals surface area (Å²) in [6.07, 6.45) is 4.01. The fraction of sp³-hybridized carbons (Fsp3) is 0. The van der Waals surface area contributed by atoms with Crippen molar-refractivity contribution in [1.29, 1.82) is 0 Å². The van der Waals surface area contributed by atoms with Gasteiger partial charge < -0.3 is 5.32 Å². The summed E-state index contributed by atoms with van der Waals surface area (Å²) in [6.45, 7) is 0. The van der Waals surface area contributed by atoms with Gasteiger partial charge in [-0.25, -0.2) is 22.9 Å². The van der Waals surface area contributed by atoms with E-state index in [4.69, 9.17) is 0 Å². The smallest absolute Gasteiger partial charge is 0.305 e. The summed E-state index contributed by atoms with van der Waals surface area (Å²) in [7, 11) is 0. The number of aromatic nitrogens is 2. The molecule has 0 spiro atoms. The molecule has 2 N–H and O–H groups in total. The number of amides is 2. The molecule has 0 saturated heterocycles. The maximum atomic E-state index is 13.3. The third-order valence-corrected chi connectivity index (χ3v) is 2.09. The molecular formula is C11H7F3N4O. The number of urea groups is 1. The minimum atomic E-state index is -1.66. The number of rotatable bonds is 2. The van der Waals surface area contributed by atoms with E-state index in [9.17, 15) is 18.0 Å². The highest BCUT2D eigenvalue weighted by atomic mass is 19.2. The van der Waals surface area contributed by atoms with Gasteiger partial charge in [0.05, 0.1) is 11.9 Å². The van der Waals surface area contributed by atoms with Gasteiger partial charge >= 0.3 is 6.03 Å². The maximum absolute atomic E-state index is 13.3. The summed E-state index contributed by atoms with van der Waals surface area (Å²) in [6, 6.07) is 0.755. The lowest BCUT2D eigenvalue weighted by Gasteiger charge is -2.08. The van der Waals surface area contributed by atoms with Crippen LogP contribution in [0.4, 0.5) is 29.5 Å². The highest BCUT2D eigenvalue weighted by molar-refractivity contribution is 5.99. The van der Waals surface area contributed by atoms with Gasteiger partial charge in [0, 0.05) is 12.4 Å². The number of hydrogen-bond donors (Lipinski definition) is 2. The van der Waals surface area contributed by atoms with Gasteiger partial charge in [0.25, 0.3) is 0 Å². The number of nitrogens with zero attached hydrogens (tertiary/aromatic N) is 2. The Morgan fingerprint density at radius 1 is 1.05 bits per heavy atom. The van der Waals surface area contributed by atoms with Gasteiger partial charge in [-0.3, -0.25) is 10.3 Å². The number of carbonyl (C=O) groups excluding carboxylic acids is 1. The highest BCUT2D eigenvalue weighted by Gasteiger charge is 2.15. The van der Waals surface area contributed by atoms with Crippen LogP contribution in [0.25, 0.3) is 0 Å². The van der Waals surface area contributed by atoms with Gasteiger partial charge in [0.2, 0.25) is 0 Å². The molecule has 0 bridgehead atoms. The Kier molecular flexibility index (Phi) is 3.60. The molecule has 0 radical (unpaired) electrons. The molecule has 2 amide bonds. The van der Waals surface area contributed by atoms with Crippen molar-refractivity contribution in [2.45, 2.75) is 0 Å². The molecule has 2 rings (SSSR count). The summed E-state index contributed by atoms with van der Waals surface area (Å²) in [5, 5.41) is 4.27. The predicted octanol–water partition coefficient (Wildman–Crippen LogP) is 2.54. The zero-order valence-electron chi connectivity index (χ0n) is 9.32. The van der Waals surface area contributed by atoms with Crippen molar-refractivity contribution in [3.8, 4) is 0 Å². The van der Waals surface area contributed by atoms with Crippen LogP contribution in [-0.4, -0.2) is 16.0 Å². The van der Waals surface area contributed by atoms with Crippen molar-refractivity contribution < 1.29 is 18.0 Å². The first-order valence-electron chi connectivity index (χ1n) is 5.05. The Morgan fingerprint density at radius 2 is 1.84 bits per heavy atom. The van der Waals surface area contributed by atoms with Crippen LogP contribution in [0.5, 0.6) is 0 Å². The number of halogens is 3. The van der Waals surface area contributed by atoms with Crippen LogP contribution in [0.15, 0.2) is 30.7 Å². The van der Waals surface area contributed by atoms with Gasteiger partial charge in [-0.05, 0) is 12.1 Å². The highest BCUT2D eigenvalue weighted by Crippen LogP contribution is 2.19. The normalized spacial score (nSPS) is 10.1. The van der Waals surface area contributed by atoms with Crippen LogP contribution >= 0.6 is 0 Å². The quantitative estimate of drug-likeness (QED) is 0.822. The van der Waals surface area contributed by atoms with Crippen molar-refractivity contribution in [1.82, 2.24) is 9.97 Å². The molecule has 0 unspecified atom stereocenters. The molecule has 0 saturated carbocycles. The molecule has 8 heteroatoms. The van der Waals surface area contributed by atoms with Crippen molar-refractivity contribution in [2.24, 2.45) is 0 Å². The second-order valence-corrected chi connectivity index (χ2v) is 3.39. The van der Waals surface area contributed by atoms with E-state index in [2.05, 4.69) is 15.3 Å². The minimum Gasteiger partial charge on any atom is -0.305 e. The van der Waals surface area contributed by atoms with Gasteiger partial charge in [0.1, 0.15) is 0 Å². The first kappa shape index (κ1) is 12.8. The first-order chi connectivity index (χ1) is 9.08. The number of nitrogens with one attached hydrogen (secondary N) is 2. The average Bonchev–Trinajstić information content (AvgIpc) is 2.41. The maximum Gasteiger partial charge on any atom is 0.324 e. The Hall–Kier alpha value is -2.64. The number of benzene rings is 1. The molecule has 98 valence electrons. The predicted molar refractivity (Wildman–Crippen MR) is 61.0 cm³/mol. The van der Waals surface area contributed by atoms with E-state index in [0.717, 1.165) is 6.07 Å². The number of hydrogen-bond acceptors (Lipinski definition) is 3. The van der Waals surface area contributed by atoms with Gasteiger partial charge in [-0.2, -0.15) is 0 Å². The standard InChI is InChI=1S/C11H7F3N4O/c12-6-1-2-7(10(14)9(6)13)17-11(19)18-8-5-15-3-4-16-8/h1-5H,(H2,16,17,18,19). The Balaban J connectivity index is 2.10. The second kappa shape index (κ2) is 5.34. The summed E-state index contributed by atoms with van der Waals surface area (Å²) in [5.74, 6) is -4.34. The van der Waals surface area contributed by atoms with Crippen LogP contribution in [-0.2, 0) is 0 Å². The van der Waals surface area contributed by atoms with E-state index in [1.165, 1.54) is 18.6 Å².